The lowest BCUT2D eigenvalue weighted by Crippen LogP contribution is -2.45. The normalized spacial score (nSPS) is 15.1. The minimum atomic E-state index is -0.416. The van der Waals surface area contributed by atoms with Gasteiger partial charge >= 0.3 is 5.97 Å². The molecule has 3 rings (SSSR count). The molecule has 1 aromatic heterocycles. The first-order chi connectivity index (χ1) is 15.0. The second kappa shape index (κ2) is 10.6. The van der Waals surface area contributed by atoms with E-state index in [1.165, 1.54) is 12.7 Å². The summed E-state index contributed by atoms with van der Waals surface area (Å²) in [5, 5.41) is 2.96. The van der Waals surface area contributed by atoms with Gasteiger partial charge in [0, 0.05) is 44.1 Å². The largest absolute Gasteiger partial charge is 0.465 e. The maximum atomic E-state index is 12.9. The maximum absolute atomic E-state index is 12.9. The lowest BCUT2D eigenvalue weighted by Gasteiger charge is -2.34. The van der Waals surface area contributed by atoms with Crippen molar-refractivity contribution in [3.05, 3.63) is 52.3 Å². The zero-order valence-electron chi connectivity index (χ0n) is 19.1. The molecule has 0 spiro atoms. The SMILES string of the molecule is CCCc1c(C(=O)Nc2ccc(CN3CCN(CC)CC3)cc2)[nH]c(C)c1C(=O)OC. The standard InChI is InChI=1S/C24H34N4O3/c1-5-7-20-21(24(30)31-4)17(3)25-22(20)23(29)26-19-10-8-18(9-11-19)16-28-14-12-27(6-2)13-15-28/h8-11,25H,5-7,12-16H2,1-4H3,(H,26,29). The van der Waals surface area contributed by atoms with Crippen LogP contribution in [0.2, 0.25) is 0 Å². The van der Waals surface area contributed by atoms with E-state index in [2.05, 4.69) is 39.2 Å². The molecule has 1 fully saturated rings. The number of aryl methyl sites for hydroxylation is 1. The third-order valence-electron chi connectivity index (χ3n) is 5.94. The van der Waals surface area contributed by atoms with Crippen LogP contribution in [0.4, 0.5) is 5.69 Å². The van der Waals surface area contributed by atoms with Gasteiger partial charge in [-0.1, -0.05) is 32.4 Å². The Morgan fingerprint density at radius 2 is 1.71 bits per heavy atom. The van der Waals surface area contributed by atoms with Crippen LogP contribution in [-0.4, -0.2) is 66.5 Å². The molecule has 0 atom stereocenters. The number of carbonyl (C=O) groups excluding carboxylic acids is 2. The van der Waals surface area contributed by atoms with E-state index in [0.717, 1.165) is 51.4 Å². The Hall–Kier alpha value is -2.64. The zero-order chi connectivity index (χ0) is 22.4. The molecule has 2 heterocycles. The molecule has 0 saturated carbocycles. The molecule has 1 aliphatic heterocycles. The van der Waals surface area contributed by atoms with Crippen LogP contribution >= 0.6 is 0 Å². The summed E-state index contributed by atoms with van der Waals surface area (Å²) >= 11 is 0. The van der Waals surface area contributed by atoms with Crippen molar-refractivity contribution in [3.8, 4) is 0 Å². The highest BCUT2D eigenvalue weighted by Gasteiger charge is 2.24. The van der Waals surface area contributed by atoms with Crippen molar-refractivity contribution in [2.45, 2.75) is 40.2 Å². The number of hydrogen-bond acceptors (Lipinski definition) is 5. The molecule has 168 valence electrons. The molecule has 1 aliphatic rings. The van der Waals surface area contributed by atoms with Gasteiger partial charge in [-0.25, -0.2) is 4.79 Å². The highest BCUT2D eigenvalue weighted by molar-refractivity contribution is 6.07. The molecule has 0 unspecified atom stereocenters. The molecule has 0 aliphatic carbocycles. The fourth-order valence-electron chi connectivity index (χ4n) is 4.16. The Kier molecular flexibility index (Phi) is 7.87. The first kappa shape index (κ1) is 23.0. The molecule has 7 nitrogen and oxygen atoms in total. The molecule has 2 aromatic rings. The molecular weight excluding hydrogens is 392 g/mol. The number of esters is 1. The number of methoxy groups -OCH3 is 1. The predicted molar refractivity (Wildman–Crippen MR) is 123 cm³/mol. The highest BCUT2D eigenvalue weighted by atomic mass is 16.5. The first-order valence-electron chi connectivity index (χ1n) is 11.1. The lowest BCUT2D eigenvalue weighted by atomic mass is 10.0. The number of carbonyl (C=O) groups is 2. The molecule has 7 heteroatoms. The number of anilines is 1. The van der Waals surface area contributed by atoms with E-state index >= 15 is 0 Å². The first-order valence-corrected chi connectivity index (χ1v) is 11.1. The fraction of sp³-hybridized carbons (Fsp3) is 0.500. The van der Waals surface area contributed by atoms with Gasteiger partial charge in [-0.15, -0.1) is 0 Å². The minimum Gasteiger partial charge on any atom is -0.465 e. The van der Waals surface area contributed by atoms with Gasteiger partial charge in [0.05, 0.1) is 12.7 Å². The van der Waals surface area contributed by atoms with Crippen molar-refractivity contribution in [2.75, 3.05) is 45.2 Å². The third kappa shape index (κ3) is 5.54. The van der Waals surface area contributed by atoms with E-state index in [9.17, 15) is 9.59 Å². The summed E-state index contributed by atoms with van der Waals surface area (Å²) < 4.78 is 4.91. The van der Waals surface area contributed by atoms with Crippen LogP contribution in [0.3, 0.4) is 0 Å². The Morgan fingerprint density at radius 3 is 2.29 bits per heavy atom. The van der Waals surface area contributed by atoms with Gasteiger partial charge in [0.2, 0.25) is 0 Å². The van der Waals surface area contributed by atoms with Gasteiger partial charge in [-0.3, -0.25) is 9.69 Å². The van der Waals surface area contributed by atoms with Gasteiger partial charge < -0.3 is 19.9 Å². The fourth-order valence-corrected chi connectivity index (χ4v) is 4.16. The Morgan fingerprint density at radius 1 is 1.06 bits per heavy atom. The van der Waals surface area contributed by atoms with Gasteiger partial charge in [-0.05, 0) is 43.1 Å². The van der Waals surface area contributed by atoms with Gasteiger partial charge in [-0.2, -0.15) is 0 Å². The van der Waals surface area contributed by atoms with Crippen molar-refractivity contribution in [1.82, 2.24) is 14.8 Å². The van der Waals surface area contributed by atoms with E-state index in [1.54, 1.807) is 6.92 Å². The van der Waals surface area contributed by atoms with Crippen LogP contribution in [0.25, 0.3) is 0 Å². The number of ether oxygens (including phenoxy) is 1. The monoisotopic (exact) mass is 426 g/mol. The van der Waals surface area contributed by atoms with Gasteiger partial charge in [0.15, 0.2) is 0 Å². The van der Waals surface area contributed by atoms with Gasteiger partial charge in [0.1, 0.15) is 5.69 Å². The molecular formula is C24H34N4O3. The Labute approximate surface area is 184 Å². The number of piperazine rings is 1. The predicted octanol–water partition coefficient (Wildman–Crippen LogP) is 3.45. The van der Waals surface area contributed by atoms with Crippen LogP contribution in [0.15, 0.2) is 24.3 Å². The van der Waals surface area contributed by atoms with E-state index in [-0.39, 0.29) is 5.91 Å². The molecule has 0 radical (unpaired) electrons. The van der Waals surface area contributed by atoms with Crippen molar-refractivity contribution in [2.24, 2.45) is 0 Å². The smallest absolute Gasteiger partial charge is 0.339 e. The summed E-state index contributed by atoms with van der Waals surface area (Å²) in [5.41, 5.74) is 4.23. The summed E-state index contributed by atoms with van der Waals surface area (Å²) in [6.07, 6.45) is 1.45. The van der Waals surface area contributed by atoms with E-state index in [4.69, 9.17) is 4.74 Å². The van der Waals surface area contributed by atoms with Crippen LogP contribution < -0.4 is 5.32 Å². The second-order valence-electron chi connectivity index (χ2n) is 8.08. The average molecular weight is 427 g/mol. The number of aromatic nitrogens is 1. The van der Waals surface area contributed by atoms with Crippen LogP contribution in [0, 0.1) is 6.92 Å². The third-order valence-corrected chi connectivity index (χ3v) is 5.94. The maximum Gasteiger partial charge on any atom is 0.339 e. The van der Waals surface area contributed by atoms with Crippen LogP contribution in [-0.2, 0) is 17.7 Å². The number of rotatable bonds is 8. The Balaban J connectivity index is 1.66. The molecule has 1 amide bonds. The van der Waals surface area contributed by atoms with Crippen molar-refractivity contribution in [3.63, 3.8) is 0 Å². The quantitative estimate of drug-likeness (QED) is 0.632. The molecule has 2 N–H and O–H groups in total. The zero-order valence-corrected chi connectivity index (χ0v) is 19.1. The summed E-state index contributed by atoms with van der Waals surface area (Å²) in [7, 11) is 1.36. The molecule has 1 aromatic carbocycles. The number of benzene rings is 1. The van der Waals surface area contributed by atoms with Crippen molar-refractivity contribution >= 4 is 17.6 Å². The lowest BCUT2D eigenvalue weighted by molar-refractivity contribution is 0.0599. The number of H-pyrrole nitrogens is 1. The number of nitrogens with zero attached hydrogens (tertiary/aromatic N) is 2. The summed E-state index contributed by atoms with van der Waals surface area (Å²) in [6.45, 7) is 12.5. The van der Waals surface area contributed by atoms with Crippen molar-refractivity contribution < 1.29 is 14.3 Å². The Bertz CT molecular complexity index is 896. The van der Waals surface area contributed by atoms with Crippen molar-refractivity contribution in [1.29, 1.82) is 0 Å². The number of amides is 1. The number of likely N-dealkylation sites (N-methyl/N-ethyl adjacent to an activating group) is 1. The summed E-state index contributed by atoms with van der Waals surface area (Å²) in [4.78, 5) is 33.1. The summed E-state index contributed by atoms with van der Waals surface area (Å²) in [6, 6.07) is 8.00. The minimum absolute atomic E-state index is 0.245. The number of nitrogens with one attached hydrogen (secondary N) is 2. The number of aromatic amines is 1. The molecule has 0 bridgehead atoms. The van der Waals surface area contributed by atoms with E-state index in [1.807, 2.05) is 19.1 Å². The number of hydrogen-bond donors (Lipinski definition) is 2. The molecule has 1 saturated heterocycles. The molecule has 31 heavy (non-hydrogen) atoms. The topological polar surface area (TPSA) is 77.7 Å². The van der Waals surface area contributed by atoms with E-state index < -0.39 is 5.97 Å². The van der Waals surface area contributed by atoms with Crippen LogP contribution in [0.5, 0.6) is 0 Å². The van der Waals surface area contributed by atoms with Gasteiger partial charge in [0.25, 0.3) is 5.91 Å². The van der Waals surface area contributed by atoms with E-state index in [0.29, 0.717) is 28.9 Å². The summed E-state index contributed by atoms with van der Waals surface area (Å²) in [5.74, 6) is -0.662. The highest BCUT2D eigenvalue weighted by Crippen LogP contribution is 2.23. The second-order valence-corrected chi connectivity index (χ2v) is 8.08. The average Bonchev–Trinajstić information content (AvgIpc) is 3.11. The van der Waals surface area contributed by atoms with Crippen LogP contribution in [0.1, 0.15) is 57.9 Å².